The van der Waals surface area contributed by atoms with E-state index in [2.05, 4.69) is 0 Å². The van der Waals surface area contributed by atoms with E-state index in [1.165, 1.54) is 19.3 Å². The molecular formula is C13H22ClNO2. The Hall–Kier alpha value is -0.280. The van der Waals surface area contributed by atoms with Crippen LogP contribution in [0.5, 0.6) is 0 Å². The highest BCUT2D eigenvalue weighted by Gasteiger charge is 2.36. The second-order valence-electron chi connectivity index (χ2n) is 5.09. The maximum atomic E-state index is 12.3. The average molecular weight is 260 g/mol. The predicted molar refractivity (Wildman–Crippen MR) is 68.2 cm³/mol. The van der Waals surface area contributed by atoms with Gasteiger partial charge in [-0.25, -0.2) is 0 Å². The Morgan fingerprint density at radius 2 is 2.24 bits per heavy atom. The van der Waals surface area contributed by atoms with E-state index >= 15 is 0 Å². The molecule has 0 aromatic carbocycles. The highest BCUT2D eigenvalue weighted by atomic mass is 35.5. The highest BCUT2D eigenvalue weighted by Crippen LogP contribution is 2.31. The van der Waals surface area contributed by atoms with E-state index in [-0.39, 0.29) is 11.3 Å². The van der Waals surface area contributed by atoms with E-state index in [0.717, 1.165) is 13.0 Å². The predicted octanol–water partition coefficient (Wildman–Crippen LogP) is 2.42. The molecule has 0 radical (unpaired) electrons. The molecule has 0 aromatic rings. The summed E-state index contributed by atoms with van der Waals surface area (Å²) in [4.78, 5) is 14.3. The van der Waals surface area contributed by atoms with Gasteiger partial charge in [0.25, 0.3) is 0 Å². The second-order valence-corrected chi connectivity index (χ2v) is 5.62. The SMILES string of the molecule is CC[C@H](Cl)C(=O)N1CCOC[C@H]2CCCC[C@H]21. The molecule has 0 spiro atoms. The summed E-state index contributed by atoms with van der Waals surface area (Å²) < 4.78 is 5.62. The van der Waals surface area contributed by atoms with Gasteiger partial charge in [0.05, 0.1) is 13.2 Å². The Morgan fingerprint density at radius 3 is 3.00 bits per heavy atom. The van der Waals surface area contributed by atoms with E-state index in [1.807, 2.05) is 11.8 Å². The monoisotopic (exact) mass is 259 g/mol. The molecule has 3 atom stereocenters. The summed E-state index contributed by atoms with van der Waals surface area (Å²) >= 11 is 6.10. The minimum atomic E-state index is -0.365. The van der Waals surface area contributed by atoms with E-state index in [0.29, 0.717) is 31.5 Å². The van der Waals surface area contributed by atoms with Gasteiger partial charge in [-0.1, -0.05) is 19.8 Å². The molecule has 0 N–H and O–H groups in total. The van der Waals surface area contributed by atoms with Gasteiger partial charge < -0.3 is 9.64 Å². The molecule has 1 aliphatic carbocycles. The molecule has 2 aliphatic rings. The molecule has 1 saturated heterocycles. The molecule has 1 aliphatic heterocycles. The minimum absolute atomic E-state index is 0.108. The standard InChI is InChI=1S/C13H22ClNO2/c1-2-11(14)13(16)15-7-8-17-9-10-5-3-4-6-12(10)15/h10-12H,2-9H2,1H3/t10-,11+,12-/m1/s1. The summed E-state index contributed by atoms with van der Waals surface area (Å²) in [7, 11) is 0. The normalized spacial score (nSPS) is 31.5. The molecule has 0 aromatic heterocycles. The van der Waals surface area contributed by atoms with Crippen molar-refractivity contribution in [3.63, 3.8) is 0 Å². The van der Waals surface area contributed by atoms with Gasteiger partial charge in [0.1, 0.15) is 5.38 Å². The van der Waals surface area contributed by atoms with Crippen LogP contribution in [-0.4, -0.2) is 42.0 Å². The first-order chi connectivity index (χ1) is 8.24. The van der Waals surface area contributed by atoms with Crippen LogP contribution in [0.3, 0.4) is 0 Å². The highest BCUT2D eigenvalue weighted by molar-refractivity contribution is 6.30. The number of ether oxygens (including phenoxy) is 1. The topological polar surface area (TPSA) is 29.5 Å². The first-order valence-electron chi connectivity index (χ1n) is 6.76. The molecule has 3 nitrogen and oxygen atoms in total. The number of halogens is 1. The van der Waals surface area contributed by atoms with Crippen molar-refractivity contribution >= 4 is 17.5 Å². The van der Waals surface area contributed by atoms with Crippen LogP contribution >= 0.6 is 11.6 Å². The maximum absolute atomic E-state index is 12.3. The van der Waals surface area contributed by atoms with Crippen molar-refractivity contribution in [3.05, 3.63) is 0 Å². The van der Waals surface area contributed by atoms with Crippen molar-refractivity contribution in [1.29, 1.82) is 0 Å². The van der Waals surface area contributed by atoms with Crippen molar-refractivity contribution in [3.8, 4) is 0 Å². The van der Waals surface area contributed by atoms with Crippen molar-refractivity contribution < 1.29 is 9.53 Å². The molecule has 2 fully saturated rings. The first kappa shape index (κ1) is 13.2. The number of alkyl halides is 1. The summed E-state index contributed by atoms with van der Waals surface area (Å²) in [6, 6.07) is 0.367. The second kappa shape index (κ2) is 6.05. The van der Waals surface area contributed by atoms with Gasteiger partial charge in [0.15, 0.2) is 0 Å². The van der Waals surface area contributed by atoms with Crippen molar-refractivity contribution in [1.82, 2.24) is 4.90 Å². The molecule has 0 bridgehead atoms. The third-order valence-electron chi connectivity index (χ3n) is 3.99. The third-order valence-corrected chi connectivity index (χ3v) is 4.48. The minimum Gasteiger partial charge on any atom is -0.379 e. The average Bonchev–Trinajstić information content (AvgIpc) is 2.59. The van der Waals surface area contributed by atoms with Gasteiger partial charge in [-0.2, -0.15) is 0 Å². The summed E-state index contributed by atoms with van der Waals surface area (Å²) in [6.07, 6.45) is 5.50. The summed E-state index contributed by atoms with van der Waals surface area (Å²) in [5.41, 5.74) is 0. The Labute approximate surface area is 108 Å². The zero-order valence-electron chi connectivity index (χ0n) is 10.5. The number of hydrogen-bond acceptors (Lipinski definition) is 2. The van der Waals surface area contributed by atoms with Gasteiger partial charge in [0.2, 0.25) is 5.91 Å². The number of hydrogen-bond donors (Lipinski definition) is 0. The lowest BCUT2D eigenvalue weighted by Crippen LogP contribution is -2.48. The fourth-order valence-corrected chi connectivity index (χ4v) is 3.11. The summed E-state index contributed by atoms with van der Waals surface area (Å²) in [5, 5.41) is -0.365. The lowest BCUT2D eigenvalue weighted by atomic mass is 9.84. The number of carbonyl (C=O) groups is 1. The molecule has 2 rings (SSSR count). The number of rotatable bonds is 2. The van der Waals surface area contributed by atoms with Crippen molar-refractivity contribution in [2.45, 2.75) is 50.4 Å². The number of fused-ring (bicyclic) bond motifs is 1. The lowest BCUT2D eigenvalue weighted by molar-refractivity contribution is -0.134. The molecule has 0 unspecified atom stereocenters. The van der Waals surface area contributed by atoms with Gasteiger partial charge >= 0.3 is 0 Å². The molecule has 98 valence electrons. The van der Waals surface area contributed by atoms with E-state index in [9.17, 15) is 4.79 Å². The van der Waals surface area contributed by atoms with Gasteiger partial charge in [-0.3, -0.25) is 4.79 Å². The Bertz CT molecular complexity index is 272. The largest absolute Gasteiger partial charge is 0.379 e. The van der Waals surface area contributed by atoms with Gasteiger partial charge in [-0.05, 0) is 19.3 Å². The number of amides is 1. The van der Waals surface area contributed by atoms with Crippen LogP contribution in [0.25, 0.3) is 0 Å². The Kier molecular flexibility index (Phi) is 4.69. The van der Waals surface area contributed by atoms with Crippen LogP contribution in [-0.2, 0) is 9.53 Å². The maximum Gasteiger partial charge on any atom is 0.240 e. The Balaban J connectivity index is 2.09. The quantitative estimate of drug-likeness (QED) is 0.713. The van der Waals surface area contributed by atoms with E-state index in [4.69, 9.17) is 16.3 Å². The zero-order valence-corrected chi connectivity index (χ0v) is 11.3. The molecule has 17 heavy (non-hydrogen) atoms. The van der Waals surface area contributed by atoms with Gasteiger partial charge in [-0.15, -0.1) is 11.6 Å². The summed E-state index contributed by atoms with van der Waals surface area (Å²) in [6.45, 7) is 4.14. The van der Waals surface area contributed by atoms with Crippen LogP contribution in [0.2, 0.25) is 0 Å². The number of carbonyl (C=O) groups excluding carboxylic acids is 1. The molecule has 1 saturated carbocycles. The Morgan fingerprint density at radius 1 is 1.47 bits per heavy atom. The van der Waals surface area contributed by atoms with Crippen molar-refractivity contribution in [2.75, 3.05) is 19.8 Å². The van der Waals surface area contributed by atoms with Crippen LogP contribution in [0.4, 0.5) is 0 Å². The van der Waals surface area contributed by atoms with Crippen LogP contribution in [0, 0.1) is 5.92 Å². The van der Waals surface area contributed by atoms with Gasteiger partial charge in [0, 0.05) is 18.5 Å². The molecule has 1 amide bonds. The van der Waals surface area contributed by atoms with Crippen molar-refractivity contribution in [2.24, 2.45) is 5.92 Å². The van der Waals surface area contributed by atoms with E-state index in [1.54, 1.807) is 0 Å². The first-order valence-corrected chi connectivity index (χ1v) is 7.20. The fraction of sp³-hybridized carbons (Fsp3) is 0.923. The number of nitrogens with zero attached hydrogens (tertiary/aromatic N) is 1. The molecule has 1 heterocycles. The summed E-state index contributed by atoms with van der Waals surface area (Å²) in [5.74, 6) is 0.632. The van der Waals surface area contributed by atoms with E-state index < -0.39 is 0 Å². The zero-order chi connectivity index (χ0) is 12.3. The smallest absolute Gasteiger partial charge is 0.240 e. The molecule has 4 heteroatoms. The third kappa shape index (κ3) is 2.94. The van der Waals surface area contributed by atoms with Crippen LogP contribution in [0.15, 0.2) is 0 Å². The van der Waals surface area contributed by atoms with Crippen LogP contribution in [0.1, 0.15) is 39.0 Å². The fourth-order valence-electron chi connectivity index (χ4n) is 2.98. The lowest BCUT2D eigenvalue weighted by Gasteiger charge is -2.38. The molecular weight excluding hydrogens is 238 g/mol. The van der Waals surface area contributed by atoms with Crippen LogP contribution < -0.4 is 0 Å².